The highest BCUT2D eigenvalue weighted by molar-refractivity contribution is 5.68. The maximum absolute atomic E-state index is 10.8. The molecule has 0 bridgehead atoms. The molecular weight excluding hydrogens is 266 g/mol. The van der Waals surface area contributed by atoms with Crippen LogP contribution >= 0.6 is 0 Å². The van der Waals surface area contributed by atoms with E-state index in [0.717, 1.165) is 12.8 Å². The number of nitro groups is 1. The van der Waals surface area contributed by atoms with Gasteiger partial charge in [0, 0.05) is 11.5 Å². The number of methoxy groups -OCH3 is 1. The molecule has 1 aliphatic carbocycles. The topological polar surface area (TPSA) is 98.9 Å². The number of carbonyl (C=O) groups is 1. The minimum Gasteiger partial charge on any atom is -0.493 e. The summed E-state index contributed by atoms with van der Waals surface area (Å²) in [4.78, 5) is 21.0. The summed E-state index contributed by atoms with van der Waals surface area (Å²) in [6.07, 6.45) is 1.62. The molecule has 0 heterocycles. The van der Waals surface area contributed by atoms with Crippen LogP contribution in [-0.2, 0) is 4.79 Å². The molecule has 7 heteroatoms. The van der Waals surface area contributed by atoms with E-state index in [0.29, 0.717) is 5.75 Å². The van der Waals surface area contributed by atoms with Crippen LogP contribution in [0.4, 0.5) is 5.69 Å². The van der Waals surface area contributed by atoms with Crippen molar-refractivity contribution in [2.24, 2.45) is 5.41 Å². The van der Waals surface area contributed by atoms with Crippen LogP contribution in [0.1, 0.15) is 19.3 Å². The summed E-state index contributed by atoms with van der Waals surface area (Å²) in [7, 11) is 1.44. The summed E-state index contributed by atoms with van der Waals surface area (Å²) in [6, 6.07) is 4.08. The Hall–Kier alpha value is -2.31. The summed E-state index contributed by atoms with van der Waals surface area (Å²) in [5, 5.41) is 19.6. The molecule has 0 unspecified atom stereocenters. The van der Waals surface area contributed by atoms with Gasteiger partial charge in [0.25, 0.3) is 5.69 Å². The Bertz CT molecular complexity index is 538. The Morgan fingerprint density at radius 2 is 2.15 bits per heavy atom. The van der Waals surface area contributed by atoms with Crippen molar-refractivity contribution in [1.82, 2.24) is 0 Å². The first-order valence-corrected chi connectivity index (χ1v) is 6.13. The molecule has 0 atom stereocenters. The van der Waals surface area contributed by atoms with Crippen molar-refractivity contribution in [1.29, 1.82) is 0 Å². The van der Waals surface area contributed by atoms with Gasteiger partial charge in [-0.15, -0.1) is 0 Å². The van der Waals surface area contributed by atoms with E-state index in [-0.39, 0.29) is 29.9 Å². The third-order valence-corrected chi connectivity index (χ3v) is 3.38. The first-order valence-electron chi connectivity index (χ1n) is 6.13. The second-order valence-electron chi connectivity index (χ2n) is 4.95. The number of ether oxygens (including phenoxy) is 2. The number of carboxylic acid groups (broad SMARTS) is 1. The van der Waals surface area contributed by atoms with E-state index in [4.69, 9.17) is 14.6 Å². The zero-order valence-corrected chi connectivity index (χ0v) is 11.0. The first-order chi connectivity index (χ1) is 9.46. The fourth-order valence-corrected chi connectivity index (χ4v) is 1.99. The third-order valence-electron chi connectivity index (χ3n) is 3.38. The molecule has 1 aliphatic rings. The lowest BCUT2D eigenvalue weighted by Gasteiger charge is -2.15. The second-order valence-corrected chi connectivity index (χ2v) is 4.95. The highest BCUT2D eigenvalue weighted by atomic mass is 16.6. The monoisotopic (exact) mass is 281 g/mol. The van der Waals surface area contributed by atoms with Crippen LogP contribution in [-0.4, -0.2) is 29.7 Å². The normalized spacial score (nSPS) is 15.4. The van der Waals surface area contributed by atoms with Crippen molar-refractivity contribution >= 4 is 11.7 Å². The van der Waals surface area contributed by atoms with Crippen molar-refractivity contribution in [3.63, 3.8) is 0 Å². The molecule has 1 aromatic carbocycles. The van der Waals surface area contributed by atoms with E-state index >= 15 is 0 Å². The summed E-state index contributed by atoms with van der Waals surface area (Å²) in [6.45, 7) is 0.219. The van der Waals surface area contributed by atoms with Gasteiger partial charge < -0.3 is 14.6 Å². The van der Waals surface area contributed by atoms with Crippen LogP contribution in [0.25, 0.3) is 0 Å². The average molecular weight is 281 g/mol. The molecular formula is C13H15NO6. The number of nitrogens with zero attached hydrogens (tertiary/aromatic N) is 1. The largest absolute Gasteiger partial charge is 0.493 e. The number of hydrogen-bond acceptors (Lipinski definition) is 5. The minimum atomic E-state index is -0.864. The SMILES string of the molecule is COc1ccc([N+](=O)[O-])cc1OCC1(CC(=O)O)CC1. The van der Waals surface area contributed by atoms with E-state index < -0.39 is 10.9 Å². The molecule has 0 saturated heterocycles. The molecule has 20 heavy (non-hydrogen) atoms. The Morgan fingerprint density at radius 1 is 1.45 bits per heavy atom. The predicted molar refractivity (Wildman–Crippen MR) is 69.1 cm³/mol. The van der Waals surface area contributed by atoms with Crippen molar-refractivity contribution < 1.29 is 24.3 Å². The van der Waals surface area contributed by atoms with E-state index in [1.807, 2.05) is 0 Å². The van der Waals surface area contributed by atoms with Crippen LogP contribution in [0.5, 0.6) is 11.5 Å². The minimum absolute atomic E-state index is 0.0459. The summed E-state index contributed by atoms with van der Waals surface area (Å²) < 4.78 is 10.6. The number of benzene rings is 1. The lowest BCUT2D eigenvalue weighted by molar-refractivity contribution is -0.385. The van der Waals surface area contributed by atoms with Gasteiger partial charge in [-0.05, 0) is 18.9 Å². The highest BCUT2D eigenvalue weighted by Crippen LogP contribution is 2.49. The molecule has 0 amide bonds. The van der Waals surface area contributed by atoms with Gasteiger partial charge in [-0.3, -0.25) is 14.9 Å². The Morgan fingerprint density at radius 3 is 2.65 bits per heavy atom. The summed E-state index contributed by atoms with van der Waals surface area (Å²) in [5.74, 6) is -0.211. The summed E-state index contributed by atoms with van der Waals surface area (Å²) in [5.41, 5.74) is -0.439. The molecule has 1 saturated carbocycles. The van der Waals surface area contributed by atoms with Crippen molar-refractivity contribution in [2.45, 2.75) is 19.3 Å². The van der Waals surface area contributed by atoms with Gasteiger partial charge >= 0.3 is 5.97 Å². The average Bonchev–Trinajstić information content (AvgIpc) is 3.15. The number of carboxylic acids is 1. The molecule has 0 aliphatic heterocycles. The Balaban J connectivity index is 2.10. The van der Waals surface area contributed by atoms with Gasteiger partial charge in [0.2, 0.25) is 0 Å². The van der Waals surface area contributed by atoms with E-state index in [9.17, 15) is 14.9 Å². The molecule has 1 N–H and O–H groups in total. The van der Waals surface area contributed by atoms with Crippen LogP contribution in [0.2, 0.25) is 0 Å². The quantitative estimate of drug-likeness (QED) is 0.607. The molecule has 1 fully saturated rings. The second kappa shape index (κ2) is 5.36. The van der Waals surface area contributed by atoms with Gasteiger partial charge in [0.05, 0.1) is 31.1 Å². The first kappa shape index (κ1) is 14.1. The van der Waals surface area contributed by atoms with Crippen LogP contribution in [0.15, 0.2) is 18.2 Å². The number of aliphatic carboxylic acids is 1. The number of rotatable bonds is 7. The van der Waals surface area contributed by atoms with Crippen molar-refractivity contribution in [2.75, 3.05) is 13.7 Å². The van der Waals surface area contributed by atoms with Gasteiger partial charge in [-0.2, -0.15) is 0 Å². The molecule has 7 nitrogen and oxygen atoms in total. The summed E-state index contributed by atoms with van der Waals surface area (Å²) >= 11 is 0. The number of non-ortho nitro benzene ring substituents is 1. The standard InChI is InChI=1S/C13H15NO6/c1-19-10-3-2-9(14(17)18)6-11(10)20-8-13(4-5-13)7-12(15)16/h2-3,6H,4-5,7-8H2,1H3,(H,15,16). The fraction of sp³-hybridized carbons (Fsp3) is 0.462. The van der Waals surface area contributed by atoms with Crippen LogP contribution < -0.4 is 9.47 Å². The van der Waals surface area contributed by atoms with Crippen molar-refractivity contribution in [3.05, 3.63) is 28.3 Å². The maximum atomic E-state index is 10.8. The smallest absolute Gasteiger partial charge is 0.304 e. The van der Waals surface area contributed by atoms with Gasteiger partial charge in [0.1, 0.15) is 0 Å². The molecule has 1 aromatic rings. The highest BCUT2D eigenvalue weighted by Gasteiger charge is 2.45. The van der Waals surface area contributed by atoms with E-state index in [2.05, 4.69) is 0 Å². The Kier molecular flexibility index (Phi) is 3.78. The zero-order valence-electron chi connectivity index (χ0n) is 11.0. The fourth-order valence-electron chi connectivity index (χ4n) is 1.99. The lowest BCUT2D eigenvalue weighted by Crippen LogP contribution is -2.17. The molecule has 2 rings (SSSR count). The third kappa shape index (κ3) is 3.17. The van der Waals surface area contributed by atoms with Gasteiger partial charge in [-0.1, -0.05) is 0 Å². The zero-order chi connectivity index (χ0) is 14.8. The Labute approximate surface area is 115 Å². The maximum Gasteiger partial charge on any atom is 0.304 e. The van der Waals surface area contributed by atoms with Gasteiger partial charge in [0.15, 0.2) is 11.5 Å². The number of hydrogen-bond donors (Lipinski definition) is 1. The number of nitro benzene ring substituents is 1. The molecule has 0 spiro atoms. The van der Waals surface area contributed by atoms with Crippen molar-refractivity contribution in [3.8, 4) is 11.5 Å². The molecule has 108 valence electrons. The molecule has 0 radical (unpaired) electrons. The van der Waals surface area contributed by atoms with E-state index in [1.54, 1.807) is 0 Å². The predicted octanol–water partition coefficient (Wildman–Crippen LogP) is 2.24. The van der Waals surface area contributed by atoms with Crippen LogP contribution in [0, 0.1) is 15.5 Å². The van der Waals surface area contributed by atoms with E-state index in [1.165, 1.54) is 25.3 Å². The van der Waals surface area contributed by atoms with Crippen LogP contribution in [0.3, 0.4) is 0 Å². The lowest BCUT2D eigenvalue weighted by atomic mass is 10.0. The molecule has 0 aromatic heterocycles. The van der Waals surface area contributed by atoms with Gasteiger partial charge in [-0.25, -0.2) is 0 Å².